The number of ether oxygens (including phenoxy) is 2. The van der Waals surface area contributed by atoms with Crippen molar-refractivity contribution < 1.29 is 34.8 Å². The van der Waals surface area contributed by atoms with Crippen molar-refractivity contribution >= 4 is 34.1 Å². The van der Waals surface area contributed by atoms with Gasteiger partial charge in [-0.3, -0.25) is 10.1 Å². The van der Waals surface area contributed by atoms with Gasteiger partial charge >= 0.3 is 0 Å². The van der Waals surface area contributed by atoms with Crippen LogP contribution in [0, 0.1) is 10.1 Å². The van der Waals surface area contributed by atoms with E-state index in [1.165, 1.54) is 31.4 Å². The maximum atomic E-state index is 11.1. The largest absolute Gasteiger partial charge is 0.494 e. The highest BCUT2D eigenvalue weighted by Gasteiger charge is 2.14. The molecule has 0 saturated heterocycles. The maximum absolute atomic E-state index is 11.1. The van der Waals surface area contributed by atoms with Gasteiger partial charge in [0.25, 0.3) is 5.69 Å². The first kappa shape index (κ1) is 30.0. The summed E-state index contributed by atoms with van der Waals surface area (Å²) in [5.41, 5.74) is 2.31. The van der Waals surface area contributed by atoms with E-state index >= 15 is 0 Å². The average molecular weight is 555 g/mol. The van der Waals surface area contributed by atoms with Crippen molar-refractivity contribution in [1.29, 1.82) is 0 Å². The van der Waals surface area contributed by atoms with Crippen LogP contribution in [0.3, 0.4) is 0 Å². The molecule has 0 saturated carbocycles. The number of aliphatic hydroxyl groups is 4. The number of benzene rings is 3. The molecular formula is C26H30N6O8. The van der Waals surface area contributed by atoms with E-state index in [9.17, 15) is 25.4 Å². The lowest BCUT2D eigenvalue weighted by atomic mass is 10.1. The van der Waals surface area contributed by atoms with E-state index in [-0.39, 0.29) is 49.2 Å². The van der Waals surface area contributed by atoms with E-state index in [0.29, 0.717) is 35.8 Å². The molecule has 3 aromatic rings. The Hall–Kier alpha value is -4.50. The van der Waals surface area contributed by atoms with Gasteiger partial charge in [0.2, 0.25) is 0 Å². The molecule has 3 aromatic carbocycles. The van der Waals surface area contributed by atoms with Gasteiger partial charge in [-0.15, -0.1) is 15.3 Å². The number of hydrogen-bond acceptors (Lipinski definition) is 13. The van der Waals surface area contributed by atoms with Gasteiger partial charge in [-0.05, 0) is 36.4 Å². The van der Waals surface area contributed by atoms with Gasteiger partial charge in [0.05, 0.1) is 55.9 Å². The van der Waals surface area contributed by atoms with Gasteiger partial charge in [0, 0.05) is 36.5 Å². The van der Waals surface area contributed by atoms with E-state index in [2.05, 4.69) is 20.5 Å². The molecule has 40 heavy (non-hydrogen) atoms. The third-order valence-electron chi connectivity index (χ3n) is 5.55. The van der Waals surface area contributed by atoms with Crippen LogP contribution in [0.2, 0.25) is 0 Å². The minimum atomic E-state index is -0.577. The molecule has 14 nitrogen and oxygen atoms in total. The minimum absolute atomic E-state index is 0.0451. The third-order valence-corrected chi connectivity index (χ3v) is 5.55. The molecule has 0 fully saturated rings. The molecule has 0 spiro atoms. The summed E-state index contributed by atoms with van der Waals surface area (Å²) in [7, 11) is 1.44. The Morgan fingerprint density at radius 1 is 0.800 bits per heavy atom. The average Bonchev–Trinajstić information content (AvgIpc) is 2.98. The second-order valence-corrected chi connectivity index (χ2v) is 8.14. The summed E-state index contributed by atoms with van der Waals surface area (Å²) < 4.78 is 10.8. The van der Waals surface area contributed by atoms with Crippen molar-refractivity contribution in [3.05, 3.63) is 70.3 Å². The van der Waals surface area contributed by atoms with Crippen LogP contribution in [0.4, 0.5) is 34.1 Å². The van der Waals surface area contributed by atoms with Crippen molar-refractivity contribution in [2.75, 3.05) is 51.5 Å². The number of rotatable bonds is 15. The Kier molecular flexibility index (Phi) is 11.4. The molecule has 0 aliphatic heterocycles. The fraction of sp³-hybridized carbons (Fsp3) is 0.308. The normalized spacial score (nSPS) is 11.3. The van der Waals surface area contributed by atoms with Crippen LogP contribution in [0.15, 0.2) is 75.1 Å². The first-order valence-electron chi connectivity index (χ1n) is 12.2. The highest BCUT2D eigenvalue weighted by atomic mass is 16.6. The standard InChI is InChI=1S/C26H30N6O8/c1-39-25-16-23(29-28-22-7-6-21(32(37)38)15-26(22)40-13-12-35)18(17-36)14-24(25)30-27-19-2-4-20(5-3-19)31(8-10-33)9-11-34/h2-7,14-16,33-36H,8-13,17H2,1H3. The Morgan fingerprint density at radius 3 is 2.08 bits per heavy atom. The van der Waals surface area contributed by atoms with Crippen molar-refractivity contribution in [2.24, 2.45) is 20.5 Å². The third kappa shape index (κ3) is 8.00. The van der Waals surface area contributed by atoms with Crippen LogP contribution in [0.25, 0.3) is 0 Å². The zero-order chi connectivity index (χ0) is 28.9. The van der Waals surface area contributed by atoms with Gasteiger partial charge in [-0.1, -0.05) is 0 Å². The van der Waals surface area contributed by atoms with Gasteiger partial charge in [-0.25, -0.2) is 0 Å². The molecule has 0 radical (unpaired) electrons. The molecule has 0 bridgehead atoms. The summed E-state index contributed by atoms with van der Waals surface area (Å²) in [6.07, 6.45) is 0. The summed E-state index contributed by atoms with van der Waals surface area (Å²) in [6.45, 7) is -0.105. The molecule has 212 valence electrons. The Balaban J connectivity index is 1.87. The van der Waals surface area contributed by atoms with E-state index in [4.69, 9.17) is 14.6 Å². The Labute approximate surface area is 229 Å². The number of nitro groups is 1. The number of azo groups is 2. The van der Waals surface area contributed by atoms with Crippen molar-refractivity contribution in [1.82, 2.24) is 0 Å². The van der Waals surface area contributed by atoms with Gasteiger partial charge in [0.1, 0.15) is 23.7 Å². The molecule has 14 heteroatoms. The molecule has 3 rings (SSSR count). The lowest BCUT2D eigenvalue weighted by molar-refractivity contribution is -0.384. The fourth-order valence-electron chi connectivity index (χ4n) is 3.59. The number of aliphatic hydroxyl groups excluding tert-OH is 4. The van der Waals surface area contributed by atoms with Crippen LogP contribution >= 0.6 is 0 Å². The smallest absolute Gasteiger partial charge is 0.273 e. The van der Waals surface area contributed by atoms with Crippen LogP contribution < -0.4 is 14.4 Å². The molecule has 0 aliphatic carbocycles. The van der Waals surface area contributed by atoms with E-state index in [1.807, 2.05) is 4.90 Å². The fourth-order valence-corrected chi connectivity index (χ4v) is 3.59. The summed E-state index contributed by atoms with van der Waals surface area (Å²) >= 11 is 0. The molecular weight excluding hydrogens is 524 g/mol. The highest BCUT2D eigenvalue weighted by molar-refractivity contribution is 5.64. The number of nitrogens with zero attached hydrogens (tertiary/aromatic N) is 6. The molecule has 0 aliphatic rings. The first-order chi connectivity index (χ1) is 19.4. The zero-order valence-corrected chi connectivity index (χ0v) is 21.8. The summed E-state index contributed by atoms with van der Waals surface area (Å²) in [5.74, 6) is 0.376. The number of methoxy groups -OCH3 is 1. The minimum Gasteiger partial charge on any atom is -0.494 e. The van der Waals surface area contributed by atoms with Gasteiger partial charge in [-0.2, -0.15) is 5.11 Å². The molecule has 0 heterocycles. The Morgan fingerprint density at radius 2 is 1.48 bits per heavy atom. The lowest BCUT2D eigenvalue weighted by Crippen LogP contribution is -2.29. The maximum Gasteiger partial charge on any atom is 0.273 e. The van der Waals surface area contributed by atoms with Crippen molar-refractivity contribution in [3.8, 4) is 11.5 Å². The SMILES string of the molecule is COc1cc(N=Nc2ccc([N+](=O)[O-])cc2OCCO)c(CO)cc1N=Nc1ccc(N(CCO)CCO)cc1. The molecule has 4 N–H and O–H groups in total. The second-order valence-electron chi connectivity index (χ2n) is 8.14. The zero-order valence-electron chi connectivity index (χ0n) is 21.8. The summed E-state index contributed by atoms with van der Waals surface area (Å²) in [6, 6.07) is 14.0. The van der Waals surface area contributed by atoms with Crippen LogP contribution in [-0.2, 0) is 6.61 Å². The number of anilines is 1. The van der Waals surface area contributed by atoms with Crippen LogP contribution in [0.1, 0.15) is 5.56 Å². The Bertz CT molecular complexity index is 1330. The van der Waals surface area contributed by atoms with Crippen molar-refractivity contribution in [2.45, 2.75) is 6.61 Å². The number of non-ortho nitro benzene ring substituents is 1. The highest BCUT2D eigenvalue weighted by Crippen LogP contribution is 2.38. The van der Waals surface area contributed by atoms with Gasteiger partial charge in [0.15, 0.2) is 5.75 Å². The van der Waals surface area contributed by atoms with Crippen LogP contribution in [0.5, 0.6) is 11.5 Å². The topological polar surface area (TPSA) is 195 Å². The first-order valence-corrected chi connectivity index (χ1v) is 12.2. The lowest BCUT2D eigenvalue weighted by Gasteiger charge is -2.22. The predicted molar refractivity (Wildman–Crippen MR) is 146 cm³/mol. The van der Waals surface area contributed by atoms with E-state index < -0.39 is 11.5 Å². The number of hydrogen-bond donors (Lipinski definition) is 4. The quantitative estimate of drug-likeness (QED) is 0.121. The summed E-state index contributed by atoms with van der Waals surface area (Å²) in [4.78, 5) is 12.4. The molecule has 0 amide bonds. The van der Waals surface area contributed by atoms with E-state index in [1.54, 1.807) is 30.3 Å². The van der Waals surface area contributed by atoms with E-state index in [0.717, 1.165) is 5.69 Å². The van der Waals surface area contributed by atoms with Crippen molar-refractivity contribution in [3.63, 3.8) is 0 Å². The van der Waals surface area contributed by atoms with Crippen LogP contribution in [-0.4, -0.2) is 72.0 Å². The van der Waals surface area contributed by atoms with Gasteiger partial charge < -0.3 is 34.8 Å². The second kappa shape index (κ2) is 15.2. The predicted octanol–water partition coefficient (Wildman–Crippen LogP) is 4.09. The monoisotopic (exact) mass is 554 g/mol. The molecule has 0 unspecified atom stereocenters. The summed E-state index contributed by atoms with van der Waals surface area (Å²) in [5, 5.41) is 65.4. The molecule has 0 atom stereocenters. The molecule has 0 aromatic heterocycles. The number of nitro benzene ring substituents is 1.